The summed E-state index contributed by atoms with van der Waals surface area (Å²) < 4.78 is 44.3. The highest BCUT2D eigenvalue weighted by Crippen LogP contribution is 2.23. The first kappa shape index (κ1) is 33.4. The van der Waals surface area contributed by atoms with Gasteiger partial charge in [-0.3, -0.25) is 24.6 Å². The van der Waals surface area contributed by atoms with E-state index in [1.165, 1.54) is 20.8 Å². The van der Waals surface area contributed by atoms with Crippen molar-refractivity contribution in [1.82, 2.24) is 26.4 Å². The molecule has 0 aliphatic carbocycles. The number of hydrogen-bond acceptors (Lipinski definition) is 6. The fourth-order valence-corrected chi connectivity index (χ4v) is 3.94. The van der Waals surface area contributed by atoms with Crippen LogP contribution in [0.2, 0.25) is 0 Å². The number of nitrogens with one attached hydrogen (secondary N) is 4. The molecule has 5 amide bonds. The lowest BCUT2D eigenvalue weighted by molar-refractivity contribution is -0.175. The monoisotopic (exact) mass is 585 g/mol. The van der Waals surface area contributed by atoms with Crippen molar-refractivity contribution in [3.63, 3.8) is 0 Å². The summed E-state index contributed by atoms with van der Waals surface area (Å²) in [5.74, 6) is -5.17. The Hall–Kier alpha value is -3.84. The molecule has 0 radical (unpaired) electrons. The third-order valence-electron chi connectivity index (χ3n) is 6.00. The molecule has 0 bridgehead atoms. The third-order valence-corrected chi connectivity index (χ3v) is 6.00. The highest BCUT2D eigenvalue weighted by molar-refractivity contribution is 5.94. The molecule has 14 heteroatoms. The Bertz CT molecular complexity index is 1120. The van der Waals surface area contributed by atoms with Crippen molar-refractivity contribution >= 4 is 29.7 Å². The number of benzene rings is 1. The molecule has 1 heterocycles. The smallest absolute Gasteiger partial charge is 0.442 e. The van der Waals surface area contributed by atoms with Crippen molar-refractivity contribution in [2.75, 3.05) is 13.1 Å². The SMILES string of the molecule is CC(C)(C)OC(=O)N(C[C@H]1CCNC1=O)NC(=O)[C@H](Cc1ccccc1)NC(=O)[C@@H](NC(=O)C(F)(F)F)C(C)(C)C. The number of nitrogens with zero attached hydrogens (tertiary/aromatic N) is 1. The highest BCUT2D eigenvalue weighted by atomic mass is 19.4. The van der Waals surface area contributed by atoms with Gasteiger partial charge in [-0.2, -0.15) is 13.2 Å². The fourth-order valence-electron chi connectivity index (χ4n) is 3.94. The van der Waals surface area contributed by atoms with E-state index in [1.54, 1.807) is 56.4 Å². The van der Waals surface area contributed by atoms with Gasteiger partial charge in [-0.25, -0.2) is 9.80 Å². The van der Waals surface area contributed by atoms with Gasteiger partial charge >= 0.3 is 18.2 Å². The van der Waals surface area contributed by atoms with Crippen LogP contribution in [0.4, 0.5) is 18.0 Å². The first-order valence-electron chi connectivity index (χ1n) is 13.1. The molecule has 2 rings (SSSR count). The number of carbonyl (C=O) groups excluding carboxylic acids is 5. The Morgan fingerprint density at radius 1 is 1.00 bits per heavy atom. The predicted octanol–water partition coefficient (Wildman–Crippen LogP) is 2.21. The Morgan fingerprint density at radius 3 is 2.10 bits per heavy atom. The summed E-state index contributed by atoms with van der Waals surface area (Å²) in [5.41, 5.74) is 0.901. The summed E-state index contributed by atoms with van der Waals surface area (Å²) in [5, 5.41) is 7.63. The Labute approximate surface area is 236 Å². The van der Waals surface area contributed by atoms with Gasteiger partial charge in [0, 0.05) is 13.0 Å². The van der Waals surface area contributed by atoms with Crippen molar-refractivity contribution in [2.45, 2.75) is 78.2 Å². The summed E-state index contributed by atoms with van der Waals surface area (Å²) in [6, 6.07) is 5.42. The molecule has 1 aromatic rings. The van der Waals surface area contributed by atoms with Crippen molar-refractivity contribution in [3.05, 3.63) is 35.9 Å². The van der Waals surface area contributed by atoms with Crippen LogP contribution < -0.4 is 21.4 Å². The van der Waals surface area contributed by atoms with Crippen molar-refractivity contribution < 1.29 is 41.9 Å². The topological polar surface area (TPSA) is 146 Å². The van der Waals surface area contributed by atoms with Gasteiger partial charge in [-0.05, 0) is 38.2 Å². The van der Waals surface area contributed by atoms with Gasteiger partial charge < -0.3 is 20.7 Å². The Morgan fingerprint density at radius 2 is 1.61 bits per heavy atom. The fraction of sp³-hybridized carbons (Fsp3) is 0.593. The maximum atomic E-state index is 13.5. The molecule has 3 atom stereocenters. The molecular formula is C27H38F3N5O6. The van der Waals surface area contributed by atoms with E-state index in [-0.39, 0.29) is 18.9 Å². The molecule has 1 saturated heterocycles. The molecule has 4 N–H and O–H groups in total. The maximum absolute atomic E-state index is 13.5. The molecule has 0 aromatic heterocycles. The van der Waals surface area contributed by atoms with Crippen LogP contribution in [0.1, 0.15) is 53.5 Å². The number of amides is 5. The number of rotatable bonds is 8. The quantitative estimate of drug-likeness (QED) is 0.344. The van der Waals surface area contributed by atoms with Crippen LogP contribution in [0.25, 0.3) is 0 Å². The molecule has 1 aromatic carbocycles. The van der Waals surface area contributed by atoms with Crippen LogP contribution in [0.5, 0.6) is 0 Å². The van der Waals surface area contributed by atoms with E-state index in [1.807, 2.05) is 0 Å². The van der Waals surface area contributed by atoms with Gasteiger partial charge in [0.1, 0.15) is 17.7 Å². The Balaban J connectivity index is 2.35. The van der Waals surface area contributed by atoms with Gasteiger partial charge in [-0.15, -0.1) is 0 Å². The lowest BCUT2D eigenvalue weighted by Gasteiger charge is -2.33. The van der Waals surface area contributed by atoms with Crippen LogP contribution in [0.3, 0.4) is 0 Å². The number of alkyl halides is 3. The molecule has 228 valence electrons. The van der Waals surface area contributed by atoms with Crippen LogP contribution in [-0.4, -0.2) is 71.7 Å². The summed E-state index contributed by atoms with van der Waals surface area (Å²) in [4.78, 5) is 63.6. The summed E-state index contributed by atoms with van der Waals surface area (Å²) in [6.07, 6.45) is -5.87. The molecule has 1 aliphatic heterocycles. The van der Waals surface area contributed by atoms with Gasteiger partial charge in [-0.1, -0.05) is 51.1 Å². The van der Waals surface area contributed by atoms with E-state index >= 15 is 0 Å². The number of ether oxygens (including phenoxy) is 1. The predicted molar refractivity (Wildman–Crippen MR) is 142 cm³/mol. The van der Waals surface area contributed by atoms with Gasteiger partial charge in [0.25, 0.3) is 5.91 Å². The largest absolute Gasteiger partial charge is 0.471 e. The van der Waals surface area contributed by atoms with E-state index < -0.39 is 59.0 Å². The number of hydrogen-bond donors (Lipinski definition) is 4. The summed E-state index contributed by atoms with van der Waals surface area (Å²) in [6.45, 7) is 9.40. The second-order valence-corrected chi connectivity index (χ2v) is 11.9. The molecule has 0 spiro atoms. The van der Waals surface area contributed by atoms with Gasteiger partial charge in [0.2, 0.25) is 11.8 Å². The van der Waals surface area contributed by atoms with Crippen LogP contribution in [-0.2, 0) is 30.3 Å². The van der Waals surface area contributed by atoms with Gasteiger partial charge in [0.05, 0.1) is 12.5 Å². The molecule has 41 heavy (non-hydrogen) atoms. The van der Waals surface area contributed by atoms with E-state index in [2.05, 4.69) is 16.1 Å². The van der Waals surface area contributed by atoms with Crippen molar-refractivity contribution in [3.8, 4) is 0 Å². The minimum atomic E-state index is -5.23. The van der Waals surface area contributed by atoms with E-state index in [0.717, 1.165) is 5.01 Å². The van der Waals surface area contributed by atoms with Crippen LogP contribution in [0.15, 0.2) is 30.3 Å². The number of halogens is 3. The van der Waals surface area contributed by atoms with Gasteiger partial charge in [0.15, 0.2) is 0 Å². The maximum Gasteiger partial charge on any atom is 0.471 e. The zero-order valence-electron chi connectivity index (χ0n) is 24.0. The minimum Gasteiger partial charge on any atom is -0.442 e. The number of hydrazine groups is 1. The normalized spacial score (nSPS) is 17.1. The molecule has 1 aliphatic rings. The summed E-state index contributed by atoms with van der Waals surface area (Å²) >= 11 is 0. The highest BCUT2D eigenvalue weighted by Gasteiger charge is 2.44. The van der Waals surface area contributed by atoms with E-state index in [4.69, 9.17) is 4.74 Å². The average molecular weight is 586 g/mol. The molecule has 11 nitrogen and oxygen atoms in total. The standard InChI is InChI=1S/C27H38F3N5O6/c1-25(2,3)19(33-23(39)27(28,29)30)22(38)32-18(14-16-10-8-7-9-11-16)21(37)34-35(24(40)41-26(4,5)6)15-17-12-13-31-20(17)36/h7-11,17-19H,12-15H2,1-6H3,(H,31,36)(H,32,38)(H,33,39)(H,34,37)/t17-,18+,19-/m1/s1. The molecular weight excluding hydrogens is 547 g/mol. The average Bonchev–Trinajstić information content (AvgIpc) is 3.23. The van der Waals surface area contributed by atoms with Crippen molar-refractivity contribution in [1.29, 1.82) is 0 Å². The van der Waals surface area contributed by atoms with E-state index in [0.29, 0.717) is 18.5 Å². The lowest BCUT2D eigenvalue weighted by Crippen LogP contribution is -2.61. The number of carbonyl (C=O) groups is 5. The van der Waals surface area contributed by atoms with Crippen LogP contribution in [0, 0.1) is 11.3 Å². The first-order chi connectivity index (χ1) is 18.8. The zero-order chi connectivity index (χ0) is 31.2. The lowest BCUT2D eigenvalue weighted by atomic mass is 9.85. The minimum absolute atomic E-state index is 0.103. The molecule has 0 saturated carbocycles. The van der Waals surface area contributed by atoms with Crippen LogP contribution >= 0.6 is 0 Å². The second kappa shape index (κ2) is 13.2. The second-order valence-electron chi connectivity index (χ2n) is 11.9. The molecule has 0 unspecified atom stereocenters. The van der Waals surface area contributed by atoms with E-state index in [9.17, 15) is 37.1 Å². The zero-order valence-corrected chi connectivity index (χ0v) is 24.0. The van der Waals surface area contributed by atoms with Crippen molar-refractivity contribution in [2.24, 2.45) is 11.3 Å². The Kier molecular flexibility index (Phi) is 10.8. The first-order valence-corrected chi connectivity index (χ1v) is 13.1. The molecule has 1 fully saturated rings. The summed E-state index contributed by atoms with van der Waals surface area (Å²) in [7, 11) is 0. The third kappa shape index (κ3) is 10.6.